The molecule has 0 aliphatic rings. The molecule has 0 saturated carbocycles. The number of carbonyl (C=O) groups excluding carboxylic acids is 1. The summed E-state index contributed by atoms with van der Waals surface area (Å²) in [4.78, 5) is 12.7. The molecule has 70 valence electrons. The first-order valence-electron chi connectivity index (χ1n) is 4.03. The summed E-state index contributed by atoms with van der Waals surface area (Å²) in [5, 5.41) is 0. The van der Waals surface area contributed by atoms with E-state index in [1.807, 2.05) is 25.1 Å². The summed E-state index contributed by atoms with van der Waals surface area (Å²) in [7, 11) is 1.76. The molecule has 0 bridgehead atoms. The first-order chi connectivity index (χ1) is 6.02. The zero-order valence-electron chi connectivity index (χ0n) is 7.97. The number of nitrogens with zero attached hydrogens (tertiary/aromatic N) is 1. The number of carbonyl (C=O) groups is 1. The summed E-state index contributed by atoms with van der Waals surface area (Å²) in [6, 6.07) is 5.86. The third-order valence-corrected chi connectivity index (χ3v) is 2.87. The van der Waals surface area contributed by atoms with Gasteiger partial charge in [0.1, 0.15) is 0 Å². The van der Waals surface area contributed by atoms with E-state index < -0.39 is 0 Å². The molecule has 1 aromatic carbocycles. The van der Waals surface area contributed by atoms with Gasteiger partial charge in [-0.05, 0) is 24.6 Å². The molecule has 1 aromatic rings. The van der Waals surface area contributed by atoms with Crippen LogP contribution < -0.4 is 4.90 Å². The van der Waals surface area contributed by atoms with Crippen molar-refractivity contribution in [3.05, 3.63) is 28.2 Å². The molecule has 1 rings (SSSR count). The summed E-state index contributed by atoms with van der Waals surface area (Å²) in [5.41, 5.74) is 2.07. The fourth-order valence-corrected chi connectivity index (χ4v) is 1.34. The highest BCUT2D eigenvalue weighted by Crippen LogP contribution is 2.22. The van der Waals surface area contributed by atoms with Gasteiger partial charge in [-0.25, -0.2) is 0 Å². The summed E-state index contributed by atoms with van der Waals surface area (Å²) in [5.74, 6) is 0.0377. The van der Waals surface area contributed by atoms with Crippen molar-refractivity contribution in [1.82, 2.24) is 0 Å². The molecule has 0 aliphatic heterocycles. The Morgan fingerprint density at radius 3 is 2.54 bits per heavy atom. The van der Waals surface area contributed by atoms with Gasteiger partial charge >= 0.3 is 0 Å². The van der Waals surface area contributed by atoms with Crippen molar-refractivity contribution in [2.24, 2.45) is 0 Å². The second-order valence-electron chi connectivity index (χ2n) is 3.01. The van der Waals surface area contributed by atoms with Crippen LogP contribution in [0.15, 0.2) is 22.7 Å². The van der Waals surface area contributed by atoms with Crippen LogP contribution in [0.1, 0.15) is 12.5 Å². The number of rotatable bonds is 1. The molecule has 13 heavy (non-hydrogen) atoms. The maximum absolute atomic E-state index is 11.1. The van der Waals surface area contributed by atoms with Gasteiger partial charge in [0, 0.05) is 24.1 Å². The van der Waals surface area contributed by atoms with E-state index in [1.165, 1.54) is 5.56 Å². The summed E-state index contributed by atoms with van der Waals surface area (Å²) >= 11 is 3.43. The molecule has 0 radical (unpaired) electrons. The van der Waals surface area contributed by atoms with E-state index >= 15 is 0 Å². The highest BCUT2D eigenvalue weighted by molar-refractivity contribution is 9.10. The molecule has 0 N–H and O–H groups in total. The second kappa shape index (κ2) is 3.92. The van der Waals surface area contributed by atoms with E-state index in [9.17, 15) is 4.79 Å². The molecule has 0 spiro atoms. The number of amides is 1. The van der Waals surface area contributed by atoms with Crippen molar-refractivity contribution < 1.29 is 4.79 Å². The molecule has 0 atom stereocenters. The standard InChI is InChI=1S/C10H12BrNO/c1-7-4-5-9(6-10(7)11)12(3)8(2)13/h4-6H,1-3H3. The van der Waals surface area contributed by atoms with Crippen LogP contribution >= 0.6 is 15.9 Å². The number of hydrogen-bond donors (Lipinski definition) is 0. The molecule has 1 amide bonds. The number of anilines is 1. The lowest BCUT2D eigenvalue weighted by molar-refractivity contribution is -0.116. The van der Waals surface area contributed by atoms with Gasteiger partial charge < -0.3 is 4.90 Å². The van der Waals surface area contributed by atoms with E-state index in [4.69, 9.17) is 0 Å². The Balaban J connectivity index is 3.03. The van der Waals surface area contributed by atoms with Gasteiger partial charge in [-0.1, -0.05) is 22.0 Å². The SMILES string of the molecule is CC(=O)N(C)c1ccc(C)c(Br)c1. The van der Waals surface area contributed by atoms with Gasteiger partial charge in [0.05, 0.1) is 0 Å². The third kappa shape index (κ3) is 2.31. The summed E-state index contributed by atoms with van der Waals surface area (Å²) in [6.45, 7) is 3.56. The molecule has 0 saturated heterocycles. The van der Waals surface area contributed by atoms with Crippen molar-refractivity contribution in [3.8, 4) is 0 Å². The molecular formula is C10H12BrNO. The lowest BCUT2D eigenvalue weighted by Gasteiger charge is -2.15. The van der Waals surface area contributed by atoms with E-state index in [2.05, 4.69) is 15.9 Å². The lowest BCUT2D eigenvalue weighted by Crippen LogP contribution is -2.22. The molecule has 0 fully saturated rings. The first-order valence-corrected chi connectivity index (χ1v) is 4.82. The Morgan fingerprint density at radius 2 is 2.08 bits per heavy atom. The van der Waals surface area contributed by atoms with Gasteiger partial charge in [-0.15, -0.1) is 0 Å². The van der Waals surface area contributed by atoms with Crippen LogP contribution in [0.4, 0.5) is 5.69 Å². The van der Waals surface area contributed by atoms with Gasteiger partial charge in [0.25, 0.3) is 0 Å². The normalized spacial score (nSPS) is 9.85. The molecule has 3 heteroatoms. The van der Waals surface area contributed by atoms with Gasteiger partial charge in [-0.2, -0.15) is 0 Å². The van der Waals surface area contributed by atoms with E-state index in [0.29, 0.717) is 0 Å². The highest BCUT2D eigenvalue weighted by Gasteiger charge is 2.05. The van der Waals surface area contributed by atoms with Crippen molar-refractivity contribution in [3.63, 3.8) is 0 Å². The Kier molecular flexibility index (Phi) is 3.09. The van der Waals surface area contributed by atoms with Crippen LogP contribution in [0, 0.1) is 6.92 Å². The fraction of sp³-hybridized carbons (Fsp3) is 0.300. The minimum atomic E-state index is 0.0377. The highest BCUT2D eigenvalue weighted by atomic mass is 79.9. The zero-order chi connectivity index (χ0) is 10.0. The molecule has 0 aromatic heterocycles. The van der Waals surface area contributed by atoms with E-state index in [-0.39, 0.29) is 5.91 Å². The quantitative estimate of drug-likeness (QED) is 0.741. The molecule has 0 aliphatic carbocycles. The van der Waals surface area contributed by atoms with Crippen molar-refractivity contribution in [1.29, 1.82) is 0 Å². The van der Waals surface area contributed by atoms with Crippen molar-refractivity contribution >= 4 is 27.5 Å². The minimum Gasteiger partial charge on any atom is -0.316 e. The number of halogens is 1. The number of aryl methyl sites for hydroxylation is 1. The van der Waals surface area contributed by atoms with Gasteiger partial charge in [0.2, 0.25) is 5.91 Å². The maximum atomic E-state index is 11.1. The van der Waals surface area contributed by atoms with E-state index in [1.54, 1.807) is 18.9 Å². The molecule has 2 nitrogen and oxygen atoms in total. The average molecular weight is 242 g/mol. The van der Waals surface area contributed by atoms with Crippen LogP contribution in [-0.4, -0.2) is 13.0 Å². The Labute approximate surface area is 86.7 Å². The van der Waals surface area contributed by atoms with Gasteiger partial charge in [0.15, 0.2) is 0 Å². The molecular weight excluding hydrogens is 230 g/mol. The van der Waals surface area contributed by atoms with Gasteiger partial charge in [-0.3, -0.25) is 4.79 Å². The fourth-order valence-electron chi connectivity index (χ4n) is 0.972. The smallest absolute Gasteiger partial charge is 0.223 e. The Hall–Kier alpha value is -0.830. The largest absolute Gasteiger partial charge is 0.316 e. The van der Waals surface area contributed by atoms with Crippen LogP contribution in [0.25, 0.3) is 0 Å². The first kappa shape index (κ1) is 10.3. The van der Waals surface area contributed by atoms with Crippen LogP contribution in [0.5, 0.6) is 0 Å². The van der Waals surface area contributed by atoms with Crippen molar-refractivity contribution in [2.75, 3.05) is 11.9 Å². The third-order valence-electron chi connectivity index (χ3n) is 2.02. The molecule has 0 unspecified atom stereocenters. The predicted molar refractivity (Wildman–Crippen MR) is 58.0 cm³/mol. The van der Waals surface area contributed by atoms with Crippen molar-refractivity contribution in [2.45, 2.75) is 13.8 Å². The monoisotopic (exact) mass is 241 g/mol. The average Bonchev–Trinajstić information content (AvgIpc) is 2.08. The van der Waals surface area contributed by atoms with Crippen LogP contribution in [0.2, 0.25) is 0 Å². The lowest BCUT2D eigenvalue weighted by atomic mass is 10.2. The Morgan fingerprint density at radius 1 is 1.46 bits per heavy atom. The topological polar surface area (TPSA) is 20.3 Å². The summed E-state index contributed by atoms with van der Waals surface area (Å²) in [6.07, 6.45) is 0. The second-order valence-corrected chi connectivity index (χ2v) is 3.87. The molecule has 0 heterocycles. The van der Waals surface area contributed by atoms with Crippen LogP contribution in [-0.2, 0) is 4.79 Å². The number of hydrogen-bond acceptors (Lipinski definition) is 1. The Bertz CT molecular complexity index is 336. The predicted octanol–water partition coefficient (Wildman–Crippen LogP) is 2.74. The summed E-state index contributed by atoms with van der Waals surface area (Å²) < 4.78 is 1.03. The zero-order valence-corrected chi connectivity index (χ0v) is 9.55. The van der Waals surface area contributed by atoms with Crippen LogP contribution in [0.3, 0.4) is 0 Å². The van der Waals surface area contributed by atoms with E-state index in [0.717, 1.165) is 10.2 Å². The maximum Gasteiger partial charge on any atom is 0.223 e. The number of benzene rings is 1. The minimum absolute atomic E-state index is 0.0377.